The quantitative estimate of drug-likeness (QED) is 0.428. The van der Waals surface area contributed by atoms with E-state index < -0.39 is 6.18 Å². The summed E-state index contributed by atoms with van der Waals surface area (Å²) >= 11 is 5.11. The molecule has 0 unspecified atom stereocenters. The molecule has 0 aliphatic rings. The Morgan fingerprint density at radius 1 is 1.33 bits per heavy atom. The van der Waals surface area contributed by atoms with Crippen molar-refractivity contribution in [3.63, 3.8) is 0 Å². The first kappa shape index (κ1) is 8.82. The first-order valence-electron chi connectivity index (χ1n) is 2.36. The number of allylic oxidation sites excluding steroid dienone is 2. The summed E-state index contributed by atoms with van der Waals surface area (Å²) < 4.78 is 33.7. The van der Waals surface area contributed by atoms with E-state index in [9.17, 15) is 13.2 Å². The molecule has 0 aliphatic heterocycles. The SMILES string of the molecule is FC(F)(F)C=CCCCl. The van der Waals surface area contributed by atoms with Gasteiger partial charge in [-0.15, -0.1) is 11.6 Å². The van der Waals surface area contributed by atoms with Gasteiger partial charge in [-0.1, -0.05) is 6.08 Å². The highest BCUT2D eigenvalue weighted by molar-refractivity contribution is 6.17. The molecule has 0 bridgehead atoms. The Kier molecular flexibility index (Phi) is 3.70. The van der Waals surface area contributed by atoms with Gasteiger partial charge in [0.2, 0.25) is 0 Å². The van der Waals surface area contributed by atoms with Crippen molar-refractivity contribution in [2.75, 3.05) is 5.88 Å². The minimum absolute atomic E-state index is 0.190. The van der Waals surface area contributed by atoms with Gasteiger partial charge in [-0.05, 0) is 6.42 Å². The Morgan fingerprint density at radius 2 is 1.89 bits per heavy atom. The molecule has 54 valence electrons. The second-order valence-corrected chi connectivity index (χ2v) is 1.80. The van der Waals surface area contributed by atoms with Gasteiger partial charge in [0.25, 0.3) is 0 Å². The number of halogens is 4. The summed E-state index contributed by atoms with van der Waals surface area (Å²) in [5, 5.41) is 0. The molecule has 0 nitrogen and oxygen atoms in total. The van der Waals surface area contributed by atoms with E-state index in [1.54, 1.807) is 0 Å². The predicted octanol–water partition coefficient (Wildman–Crippen LogP) is 2.73. The van der Waals surface area contributed by atoms with Crippen molar-refractivity contribution < 1.29 is 13.2 Å². The average molecular weight is 159 g/mol. The summed E-state index contributed by atoms with van der Waals surface area (Å²) in [5.74, 6) is 0.229. The van der Waals surface area contributed by atoms with E-state index in [2.05, 4.69) is 0 Å². The van der Waals surface area contributed by atoms with Crippen molar-refractivity contribution in [3.05, 3.63) is 12.2 Å². The molecule has 0 N–H and O–H groups in total. The fourth-order valence-electron chi connectivity index (χ4n) is 0.280. The molecule has 0 atom stereocenters. The molecule has 4 heteroatoms. The highest BCUT2D eigenvalue weighted by atomic mass is 35.5. The van der Waals surface area contributed by atoms with Crippen LogP contribution in [0.3, 0.4) is 0 Å². The third-order valence-corrected chi connectivity index (χ3v) is 0.801. The topological polar surface area (TPSA) is 0 Å². The maximum Gasteiger partial charge on any atom is 0.409 e. The molecular formula is C5H6ClF3. The van der Waals surface area contributed by atoms with Crippen LogP contribution in [-0.4, -0.2) is 12.1 Å². The minimum Gasteiger partial charge on any atom is -0.167 e. The minimum atomic E-state index is -4.19. The van der Waals surface area contributed by atoms with Gasteiger partial charge in [0.1, 0.15) is 0 Å². The smallest absolute Gasteiger partial charge is 0.167 e. The monoisotopic (exact) mass is 158 g/mol. The Bertz CT molecular complexity index is 94.9. The largest absolute Gasteiger partial charge is 0.409 e. The van der Waals surface area contributed by atoms with E-state index >= 15 is 0 Å². The molecule has 0 aromatic heterocycles. The van der Waals surface area contributed by atoms with E-state index in [-0.39, 0.29) is 18.4 Å². The Labute approximate surface area is 56.3 Å². The summed E-state index contributed by atoms with van der Waals surface area (Å²) in [7, 11) is 0. The van der Waals surface area contributed by atoms with Gasteiger partial charge in [0, 0.05) is 12.0 Å². The maximum absolute atomic E-state index is 11.2. The molecule has 0 rings (SSSR count). The number of hydrogen-bond acceptors (Lipinski definition) is 0. The van der Waals surface area contributed by atoms with E-state index in [0.717, 1.165) is 6.08 Å². The Balaban J connectivity index is 3.45. The van der Waals surface area contributed by atoms with E-state index in [1.165, 1.54) is 0 Å². The summed E-state index contributed by atoms with van der Waals surface area (Å²) in [4.78, 5) is 0. The van der Waals surface area contributed by atoms with Crippen LogP contribution >= 0.6 is 11.6 Å². The lowest BCUT2D eigenvalue weighted by molar-refractivity contribution is -0.0800. The third-order valence-electron chi connectivity index (χ3n) is 0.583. The summed E-state index contributed by atoms with van der Waals surface area (Å²) in [6, 6.07) is 0. The zero-order chi connectivity index (χ0) is 7.33. The second-order valence-electron chi connectivity index (χ2n) is 1.42. The van der Waals surface area contributed by atoms with Gasteiger partial charge in [0.15, 0.2) is 0 Å². The van der Waals surface area contributed by atoms with Gasteiger partial charge in [-0.3, -0.25) is 0 Å². The number of alkyl halides is 4. The van der Waals surface area contributed by atoms with Crippen molar-refractivity contribution in [2.24, 2.45) is 0 Å². The first-order chi connectivity index (χ1) is 4.06. The zero-order valence-electron chi connectivity index (χ0n) is 4.58. The first-order valence-corrected chi connectivity index (χ1v) is 2.90. The van der Waals surface area contributed by atoms with Gasteiger partial charge in [-0.25, -0.2) is 0 Å². The molecule has 0 heterocycles. The van der Waals surface area contributed by atoms with Gasteiger partial charge in [0.05, 0.1) is 0 Å². The van der Waals surface area contributed by atoms with E-state index in [4.69, 9.17) is 11.6 Å². The summed E-state index contributed by atoms with van der Waals surface area (Å²) in [6.07, 6.45) is -2.73. The van der Waals surface area contributed by atoms with E-state index in [0.29, 0.717) is 0 Å². The van der Waals surface area contributed by atoms with Crippen molar-refractivity contribution in [1.82, 2.24) is 0 Å². The lowest BCUT2D eigenvalue weighted by Gasteiger charge is -1.95. The lowest BCUT2D eigenvalue weighted by Crippen LogP contribution is -2.00. The molecule has 0 aromatic rings. The Morgan fingerprint density at radius 3 is 2.22 bits per heavy atom. The van der Waals surface area contributed by atoms with Crippen LogP contribution in [0.5, 0.6) is 0 Å². The van der Waals surface area contributed by atoms with E-state index in [1.807, 2.05) is 0 Å². The van der Waals surface area contributed by atoms with Crippen molar-refractivity contribution in [3.8, 4) is 0 Å². The number of hydrogen-bond donors (Lipinski definition) is 0. The molecule has 0 fully saturated rings. The Hall–Kier alpha value is -0.180. The summed E-state index contributed by atoms with van der Waals surface area (Å²) in [5.41, 5.74) is 0. The molecule has 0 saturated carbocycles. The van der Waals surface area contributed by atoms with Crippen LogP contribution in [0, 0.1) is 0 Å². The molecule has 0 radical (unpaired) electrons. The third kappa shape index (κ3) is 7.82. The predicted molar refractivity (Wildman–Crippen MR) is 30.5 cm³/mol. The highest BCUT2D eigenvalue weighted by Gasteiger charge is 2.21. The highest BCUT2D eigenvalue weighted by Crippen LogP contribution is 2.15. The fourth-order valence-corrected chi connectivity index (χ4v) is 0.406. The van der Waals surface area contributed by atoms with Crippen LogP contribution in [0.2, 0.25) is 0 Å². The van der Waals surface area contributed by atoms with Crippen LogP contribution in [0.15, 0.2) is 12.2 Å². The molecule has 0 saturated heterocycles. The van der Waals surface area contributed by atoms with Gasteiger partial charge < -0.3 is 0 Å². The molecule has 0 spiro atoms. The average Bonchev–Trinajstić information content (AvgIpc) is 1.63. The van der Waals surface area contributed by atoms with Crippen molar-refractivity contribution in [1.29, 1.82) is 0 Å². The molecule has 0 amide bonds. The van der Waals surface area contributed by atoms with Crippen LogP contribution < -0.4 is 0 Å². The molecule has 0 aromatic carbocycles. The molecule has 0 aliphatic carbocycles. The van der Waals surface area contributed by atoms with Gasteiger partial charge in [-0.2, -0.15) is 13.2 Å². The second kappa shape index (κ2) is 3.77. The summed E-state index contributed by atoms with van der Waals surface area (Å²) in [6.45, 7) is 0. The molecule has 9 heavy (non-hydrogen) atoms. The van der Waals surface area contributed by atoms with Crippen LogP contribution in [0.25, 0.3) is 0 Å². The zero-order valence-corrected chi connectivity index (χ0v) is 5.34. The van der Waals surface area contributed by atoms with Crippen LogP contribution in [0.1, 0.15) is 6.42 Å². The van der Waals surface area contributed by atoms with Crippen LogP contribution in [-0.2, 0) is 0 Å². The maximum atomic E-state index is 11.2. The fraction of sp³-hybridized carbons (Fsp3) is 0.600. The van der Waals surface area contributed by atoms with Gasteiger partial charge >= 0.3 is 6.18 Å². The van der Waals surface area contributed by atoms with Crippen molar-refractivity contribution in [2.45, 2.75) is 12.6 Å². The molecular weight excluding hydrogens is 153 g/mol. The van der Waals surface area contributed by atoms with Crippen LogP contribution in [0.4, 0.5) is 13.2 Å². The lowest BCUT2D eigenvalue weighted by atomic mass is 10.4. The standard InChI is InChI=1S/C5H6ClF3/c6-4-2-1-3-5(7,8)9/h1,3H,2,4H2. The number of rotatable bonds is 2. The van der Waals surface area contributed by atoms with Crippen molar-refractivity contribution >= 4 is 11.6 Å². The normalized spacial score (nSPS) is 12.9.